The third-order valence-corrected chi connectivity index (χ3v) is 6.34. The van der Waals surface area contributed by atoms with Gasteiger partial charge in [0.15, 0.2) is 5.17 Å². The van der Waals surface area contributed by atoms with Gasteiger partial charge in [0.05, 0.1) is 10.6 Å². The van der Waals surface area contributed by atoms with Crippen molar-refractivity contribution >= 4 is 44.9 Å². The van der Waals surface area contributed by atoms with Gasteiger partial charge in [-0.05, 0) is 42.0 Å². The Labute approximate surface area is 171 Å². The summed E-state index contributed by atoms with van der Waals surface area (Å²) in [4.78, 5) is 24.1. The van der Waals surface area contributed by atoms with Gasteiger partial charge in [-0.1, -0.05) is 42.5 Å². The van der Waals surface area contributed by atoms with Gasteiger partial charge < -0.3 is 5.11 Å². The summed E-state index contributed by atoms with van der Waals surface area (Å²) in [6.07, 6.45) is 0. The molecule has 1 aliphatic rings. The average molecular weight is 408 g/mol. The van der Waals surface area contributed by atoms with E-state index in [1.807, 2.05) is 42.6 Å². The molecule has 0 saturated carbocycles. The van der Waals surface area contributed by atoms with Crippen molar-refractivity contribution in [1.29, 1.82) is 0 Å². The van der Waals surface area contributed by atoms with Gasteiger partial charge in [0.2, 0.25) is 5.13 Å². The number of thiazole rings is 1. The van der Waals surface area contributed by atoms with Gasteiger partial charge in [-0.15, -0.1) is 11.3 Å². The van der Waals surface area contributed by atoms with Gasteiger partial charge in [0.25, 0.3) is 5.91 Å². The van der Waals surface area contributed by atoms with Crippen LogP contribution in [0.5, 0.6) is 5.75 Å². The highest BCUT2D eigenvalue weighted by Crippen LogP contribution is 2.38. The standard InChI is InChI=1S/C21H17N3O2S2/c1-13(14-8-10-16(25)11-9-14)18-19(26)24(2)21(28-18)23-20-22-17(12-27-20)15-6-4-3-5-7-15/h3-12,25H,1-2H3/b18-13-,23-21+. The SMILES string of the molecule is C/C(=C1/S/C(=N/c2nc(-c3ccccc3)cs2)N(C)C1=O)c1ccc(O)cc1. The van der Waals surface area contributed by atoms with Crippen LogP contribution in [0.2, 0.25) is 0 Å². The van der Waals surface area contributed by atoms with Crippen LogP contribution in [0.25, 0.3) is 16.8 Å². The molecule has 0 radical (unpaired) electrons. The Morgan fingerprint density at radius 2 is 1.82 bits per heavy atom. The molecule has 2 aromatic carbocycles. The third-order valence-electron chi connectivity index (χ3n) is 4.37. The molecule has 1 fully saturated rings. The molecule has 2 heterocycles. The van der Waals surface area contributed by atoms with Crippen LogP contribution < -0.4 is 0 Å². The Morgan fingerprint density at radius 3 is 2.54 bits per heavy atom. The maximum atomic E-state index is 12.7. The molecule has 5 nitrogen and oxygen atoms in total. The number of aromatic hydroxyl groups is 1. The van der Waals surface area contributed by atoms with Crippen LogP contribution in [0, 0.1) is 0 Å². The number of likely N-dealkylation sites (N-methyl/N-ethyl adjacent to an activating group) is 1. The molecule has 0 unspecified atom stereocenters. The Balaban J connectivity index is 1.63. The molecule has 4 rings (SSSR count). The highest BCUT2D eigenvalue weighted by Gasteiger charge is 2.32. The number of nitrogens with zero attached hydrogens (tertiary/aromatic N) is 3. The van der Waals surface area contributed by atoms with Crippen molar-refractivity contribution in [3.05, 3.63) is 70.4 Å². The first-order valence-corrected chi connectivity index (χ1v) is 10.3. The van der Waals surface area contributed by atoms with Gasteiger partial charge in [0.1, 0.15) is 5.75 Å². The fourth-order valence-electron chi connectivity index (χ4n) is 2.76. The maximum absolute atomic E-state index is 12.7. The number of aromatic nitrogens is 1. The smallest absolute Gasteiger partial charge is 0.266 e. The highest BCUT2D eigenvalue weighted by atomic mass is 32.2. The third kappa shape index (κ3) is 3.58. The lowest BCUT2D eigenvalue weighted by molar-refractivity contribution is -0.121. The minimum absolute atomic E-state index is 0.0887. The van der Waals surface area contributed by atoms with Crippen molar-refractivity contribution in [3.8, 4) is 17.0 Å². The van der Waals surface area contributed by atoms with E-state index < -0.39 is 0 Å². The average Bonchev–Trinajstić information content (AvgIpc) is 3.29. The molecule has 0 bridgehead atoms. The molecule has 0 spiro atoms. The second kappa shape index (κ2) is 7.61. The van der Waals surface area contributed by atoms with E-state index in [0.29, 0.717) is 15.2 Å². The van der Waals surface area contributed by atoms with Crippen LogP contribution in [0.15, 0.2) is 69.9 Å². The molecule has 3 aromatic rings. The minimum atomic E-state index is -0.0887. The number of carbonyl (C=O) groups excluding carboxylic acids is 1. The van der Waals surface area contributed by atoms with Crippen molar-refractivity contribution in [3.63, 3.8) is 0 Å². The number of hydrogen-bond donors (Lipinski definition) is 1. The fraction of sp³-hybridized carbons (Fsp3) is 0.0952. The largest absolute Gasteiger partial charge is 0.508 e. The summed E-state index contributed by atoms with van der Waals surface area (Å²) in [6, 6.07) is 16.8. The second-order valence-electron chi connectivity index (χ2n) is 6.24. The summed E-state index contributed by atoms with van der Waals surface area (Å²) in [6.45, 7) is 1.90. The molecule has 0 atom stereocenters. The lowest BCUT2D eigenvalue weighted by Crippen LogP contribution is -2.23. The number of carbonyl (C=O) groups is 1. The lowest BCUT2D eigenvalue weighted by atomic mass is 10.1. The van der Waals surface area contributed by atoms with Gasteiger partial charge in [-0.3, -0.25) is 9.69 Å². The zero-order chi connectivity index (χ0) is 19.7. The predicted octanol–water partition coefficient (Wildman–Crippen LogP) is 5.14. The van der Waals surface area contributed by atoms with Crippen LogP contribution in [0.4, 0.5) is 5.13 Å². The molecule has 1 amide bonds. The Morgan fingerprint density at radius 1 is 1.11 bits per heavy atom. The number of aliphatic imine (C=N–C) groups is 1. The van der Waals surface area contributed by atoms with E-state index in [2.05, 4.69) is 9.98 Å². The van der Waals surface area contributed by atoms with Crippen molar-refractivity contribution in [2.75, 3.05) is 7.05 Å². The summed E-state index contributed by atoms with van der Waals surface area (Å²) >= 11 is 2.79. The van der Waals surface area contributed by atoms with Crippen molar-refractivity contribution < 1.29 is 9.90 Å². The molecule has 140 valence electrons. The summed E-state index contributed by atoms with van der Waals surface area (Å²) in [5, 5.41) is 12.7. The zero-order valence-electron chi connectivity index (χ0n) is 15.3. The van der Waals surface area contributed by atoms with Gasteiger partial charge >= 0.3 is 0 Å². The second-order valence-corrected chi connectivity index (χ2v) is 8.06. The lowest BCUT2D eigenvalue weighted by Gasteiger charge is -2.07. The number of phenols is 1. The summed E-state index contributed by atoms with van der Waals surface area (Å²) in [5.41, 5.74) is 3.66. The van der Waals surface area contributed by atoms with Crippen molar-refractivity contribution in [1.82, 2.24) is 9.88 Å². The molecule has 0 aliphatic carbocycles. The summed E-state index contributed by atoms with van der Waals surface area (Å²) in [5.74, 6) is 0.110. The molecule has 1 N–H and O–H groups in total. The van der Waals surface area contributed by atoms with E-state index >= 15 is 0 Å². The van der Waals surface area contributed by atoms with Gasteiger partial charge in [-0.25, -0.2) is 4.98 Å². The number of allylic oxidation sites excluding steroid dienone is 1. The monoisotopic (exact) mass is 407 g/mol. The molecular weight excluding hydrogens is 390 g/mol. The van der Waals surface area contributed by atoms with E-state index in [4.69, 9.17) is 0 Å². The normalized spacial score (nSPS) is 17.4. The highest BCUT2D eigenvalue weighted by molar-refractivity contribution is 8.18. The van der Waals surface area contributed by atoms with Gasteiger partial charge in [-0.2, -0.15) is 4.99 Å². The first-order valence-electron chi connectivity index (χ1n) is 8.59. The molecule has 7 heteroatoms. The molecular formula is C21H17N3O2S2. The minimum Gasteiger partial charge on any atom is -0.508 e. The van der Waals surface area contributed by atoms with Gasteiger partial charge in [0, 0.05) is 18.0 Å². The molecule has 1 aliphatic heterocycles. The number of amides is 1. The Kier molecular flexibility index (Phi) is 5.02. The van der Waals surface area contributed by atoms with E-state index in [1.54, 1.807) is 36.2 Å². The van der Waals surface area contributed by atoms with E-state index in [1.165, 1.54) is 23.1 Å². The van der Waals surface area contributed by atoms with Crippen molar-refractivity contribution in [2.45, 2.75) is 6.92 Å². The van der Waals surface area contributed by atoms with Crippen LogP contribution >= 0.6 is 23.1 Å². The van der Waals surface area contributed by atoms with E-state index in [0.717, 1.165) is 22.4 Å². The Hall–Kier alpha value is -2.90. The first-order chi connectivity index (χ1) is 13.5. The molecule has 1 aromatic heterocycles. The fourth-order valence-corrected chi connectivity index (χ4v) is 4.54. The quantitative estimate of drug-likeness (QED) is 0.611. The molecule has 28 heavy (non-hydrogen) atoms. The number of rotatable bonds is 3. The number of benzene rings is 2. The van der Waals surface area contributed by atoms with E-state index in [9.17, 15) is 9.90 Å². The van der Waals surface area contributed by atoms with Crippen LogP contribution in [0.3, 0.4) is 0 Å². The summed E-state index contributed by atoms with van der Waals surface area (Å²) in [7, 11) is 1.72. The number of hydrogen-bond acceptors (Lipinski definition) is 6. The van der Waals surface area contributed by atoms with Crippen LogP contribution in [0.1, 0.15) is 12.5 Å². The maximum Gasteiger partial charge on any atom is 0.266 e. The molecule has 1 saturated heterocycles. The van der Waals surface area contributed by atoms with Crippen molar-refractivity contribution in [2.24, 2.45) is 4.99 Å². The van der Waals surface area contributed by atoms with Crippen LogP contribution in [-0.4, -0.2) is 33.1 Å². The topological polar surface area (TPSA) is 65.8 Å². The van der Waals surface area contributed by atoms with E-state index in [-0.39, 0.29) is 11.7 Å². The first kappa shape index (κ1) is 18.5. The number of thioether (sulfide) groups is 1. The predicted molar refractivity (Wildman–Crippen MR) is 116 cm³/mol. The number of phenolic OH excluding ortho intramolecular Hbond substituents is 1. The van der Waals surface area contributed by atoms with Crippen LogP contribution in [-0.2, 0) is 4.79 Å². The number of amidine groups is 1. The Bertz CT molecular complexity index is 1090. The zero-order valence-corrected chi connectivity index (χ0v) is 16.9. The summed E-state index contributed by atoms with van der Waals surface area (Å²) < 4.78 is 0.